The van der Waals surface area contributed by atoms with Gasteiger partial charge in [-0.25, -0.2) is 4.39 Å². The second kappa shape index (κ2) is 14.7. The Bertz CT molecular complexity index is 1550. The van der Waals surface area contributed by atoms with Gasteiger partial charge in [0.05, 0.1) is 40.2 Å². The summed E-state index contributed by atoms with van der Waals surface area (Å²) in [6.45, 7) is 3.38. The third kappa shape index (κ3) is 7.87. The average Bonchev–Trinajstić information content (AvgIpc) is 3.51. The summed E-state index contributed by atoms with van der Waals surface area (Å²) >= 11 is 0. The number of aryl methyl sites for hydroxylation is 1. The molecule has 9 nitrogen and oxygen atoms in total. The highest BCUT2D eigenvalue weighted by atomic mass is 19.1. The van der Waals surface area contributed by atoms with Crippen LogP contribution >= 0.6 is 0 Å². The van der Waals surface area contributed by atoms with Crippen LogP contribution in [-0.2, 0) is 27.9 Å². The van der Waals surface area contributed by atoms with Crippen molar-refractivity contribution in [3.63, 3.8) is 0 Å². The van der Waals surface area contributed by atoms with E-state index in [-0.39, 0.29) is 37.1 Å². The predicted molar refractivity (Wildman–Crippen MR) is 168 cm³/mol. The Morgan fingerprint density at radius 1 is 1.02 bits per heavy atom. The third-order valence-electron chi connectivity index (χ3n) is 7.46. The van der Waals surface area contributed by atoms with Crippen LogP contribution in [0.25, 0.3) is 17.2 Å². The number of halogens is 1. The molecular formula is C34H40FN3O6. The minimum atomic E-state index is -0.370. The summed E-state index contributed by atoms with van der Waals surface area (Å²) in [5, 5.41) is 2.97. The summed E-state index contributed by atoms with van der Waals surface area (Å²) in [4.78, 5) is 27.0. The number of nitrogens with zero attached hydrogens (tertiary/aromatic N) is 2. The number of likely N-dealkylation sites (N-methyl/N-ethyl adjacent to an activating group) is 1. The van der Waals surface area contributed by atoms with Gasteiger partial charge in [-0.3, -0.25) is 9.59 Å². The van der Waals surface area contributed by atoms with Crippen LogP contribution in [0.1, 0.15) is 42.1 Å². The molecule has 0 bridgehead atoms. The molecule has 10 heteroatoms. The molecule has 0 spiro atoms. The highest BCUT2D eigenvalue weighted by molar-refractivity contribution is 6.08. The second-order valence-corrected chi connectivity index (χ2v) is 10.8. The Kier molecular flexibility index (Phi) is 10.8. The number of carbonyl (C=O) groups is 2. The number of amides is 1. The molecule has 1 aliphatic rings. The number of allylic oxidation sites excluding steroid dienone is 2. The van der Waals surface area contributed by atoms with Gasteiger partial charge in [-0.1, -0.05) is 6.07 Å². The smallest absolute Gasteiger partial charge is 0.309 e. The van der Waals surface area contributed by atoms with E-state index >= 15 is 0 Å². The number of nitrogens with one attached hydrogen (secondary N) is 1. The summed E-state index contributed by atoms with van der Waals surface area (Å²) in [6, 6.07) is 12.1. The number of aromatic nitrogens is 1. The first-order valence-corrected chi connectivity index (χ1v) is 14.4. The molecule has 0 saturated carbocycles. The number of hydrogen-bond donors (Lipinski definition) is 1. The van der Waals surface area contributed by atoms with Gasteiger partial charge in [-0.05, 0) is 96.9 Å². The highest BCUT2D eigenvalue weighted by Gasteiger charge is 2.26. The van der Waals surface area contributed by atoms with Crippen LogP contribution < -0.4 is 19.5 Å². The molecule has 44 heavy (non-hydrogen) atoms. The maximum absolute atomic E-state index is 14.4. The normalized spacial score (nSPS) is 13.3. The van der Waals surface area contributed by atoms with E-state index in [0.29, 0.717) is 42.5 Å². The minimum absolute atomic E-state index is 0.0738. The monoisotopic (exact) mass is 605 g/mol. The molecule has 3 aromatic rings. The van der Waals surface area contributed by atoms with Gasteiger partial charge in [-0.2, -0.15) is 0 Å². The van der Waals surface area contributed by atoms with Crippen molar-refractivity contribution in [1.29, 1.82) is 0 Å². The Labute approximate surface area is 257 Å². The number of ether oxygens (including phenoxy) is 4. The van der Waals surface area contributed by atoms with Gasteiger partial charge in [0.25, 0.3) is 0 Å². The fraction of sp³-hybridized carbons (Fsp3) is 0.353. The van der Waals surface area contributed by atoms with E-state index in [1.807, 2.05) is 61.9 Å². The van der Waals surface area contributed by atoms with Crippen LogP contribution in [0.5, 0.6) is 17.2 Å². The molecule has 1 aromatic heterocycles. The molecule has 234 valence electrons. The number of fused-ring (bicyclic) bond motifs is 1. The fourth-order valence-corrected chi connectivity index (χ4v) is 5.02. The maximum atomic E-state index is 14.4. The van der Waals surface area contributed by atoms with Crippen molar-refractivity contribution in [2.45, 2.75) is 26.3 Å². The molecule has 0 saturated heterocycles. The molecule has 0 aliphatic heterocycles. The van der Waals surface area contributed by atoms with Crippen molar-refractivity contribution in [3.05, 3.63) is 82.4 Å². The third-order valence-corrected chi connectivity index (χ3v) is 7.46. The van der Waals surface area contributed by atoms with Gasteiger partial charge in [0.15, 0.2) is 11.5 Å². The van der Waals surface area contributed by atoms with Crippen LogP contribution in [0.2, 0.25) is 0 Å². The molecule has 2 aromatic carbocycles. The van der Waals surface area contributed by atoms with Crippen molar-refractivity contribution in [2.24, 2.45) is 7.05 Å². The first-order chi connectivity index (χ1) is 21.1. The molecule has 0 unspecified atom stereocenters. The maximum Gasteiger partial charge on any atom is 0.309 e. The van der Waals surface area contributed by atoms with Gasteiger partial charge >= 0.3 is 5.97 Å². The molecular weight excluding hydrogens is 565 g/mol. The van der Waals surface area contributed by atoms with Crippen LogP contribution in [0.3, 0.4) is 0 Å². The lowest BCUT2D eigenvalue weighted by Gasteiger charge is -2.16. The van der Waals surface area contributed by atoms with Crippen LogP contribution in [0.15, 0.2) is 54.2 Å². The van der Waals surface area contributed by atoms with Crippen molar-refractivity contribution in [1.82, 2.24) is 14.8 Å². The van der Waals surface area contributed by atoms with E-state index < -0.39 is 0 Å². The number of hydrogen-bond acceptors (Lipinski definition) is 7. The second-order valence-electron chi connectivity index (χ2n) is 10.8. The van der Waals surface area contributed by atoms with Gasteiger partial charge in [0, 0.05) is 25.5 Å². The zero-order chi connectivity index (χ0) is 31.8. The van der Waals surface area contributed by atoms with Crippen molar-refractivity contribution in [3.8, 4) is 17.2 Å². The molecule has 4 rings (SSSR count). The highest BCUT2D eigenvalue weighted by Crippen LogP contribution is 2.45. The minimum Gasteiger partial charge on any atom is -0.493 e. The predicted octanol–water partition coefficient (Wildman–Crippen LogP) is 5.09. The average molecular weight is 606 g/mol. The molecule has 1 aliphatic carbocycles. The number of methoxy groups -OCH3 is 2. The number of carbonyl (C=O) groups excluding carboxylic acids is 2. The molecule has 1 heterocycles. The van der Waals surface area contributed by atoms with E-state index in [4.69, 9.17) is 18.9 Å². The van der Waals surface area contributed by atoms with E-state index in [0.717, 1.165) is 33.5 Å². The van der Waals surface area contributed by atoms with Crippen LogP contribution in [0, 0.1) is 5.82 Å². The summed E-state index contributed by atoms with van der Waals surface area (Å²) in [5.74, 6) is 0.353. The lowest BCUT2D eigenvalue weighted by Crippen LogP contribution is -2.23. The lowest BCUT2D eigenvalue weighted by molar-refractivity contribution is -0.144. The van der Waals surface area contributed by atoms with Crippen molar-refractivity contribution in [2.75, 3.05) is 48.1 Å². The van der Waals surface area contributed by atoms with E-state index in [1.54, 1.807) is 18.2 Å². The standard InChI is InChI=1S/C34H40FN3O6/c1-22-27(26-10-9-24(35)19-29(26)28(22)20-32(39)36-21-25-8-7-12-38(25)4)16-23-17-30(41-5)34(31(18-23)42-6)44-14-11-33(40)43-15-13-37(2)3/h7-10,12,16-19H,11,13-15,20-21H2,1-6H3,(H,36,39). The topological polar surface area (TPSA) is 91.3 Å². The largest absolute Gasteiger partial charge is 0.493 e. The van der Waals surface area contributed by atoms with Gasteiger partial charge < -0.3 is 33.7 Å². The number of rotatable bonds is 14. The molecule has 0 fully saturated rings. The van der Waals surface area contributed by atoms with Crippen molar-refractivity contribution < 1.29 is 32.9 Å². The first-order valence-electron chi connectivity index (χ1n) is 14.4. The fourth-order valence-electron chi connectivity index (χ4n) is 5.02. The number of esters is 1. The Balaban J connectivity index is 1.56. The summed E-state index contributed by atoms with van der Waals surface area (Å²) in [6.07, 6.45) is 4.07. The Morgan fingerprint density at radius 3 is 2.39 bits per heavy atom. The Hall–Kier alpha value is -4.57. The van der Waals surface area contributed by atoms with Crippen molar-refractivity contribution >= 4 is 29.1 Å². The quantitative estimate of drug-likeness (QED) is 0.256. The number of benzene rings is 2. The van der Waals surface area contributed by atoms with Crippen LogP contribution in [0.4, 0.5) is 4.39 Å². The Morgan fingerprint density at radius 2 is 1.75 bits per heavy atom. The van der Waals surface area contributed by atoms with Gasteiger partial charge in [0.2, 0.25) is 11.7 Å². The van der Waals surface area contributed by atoms with Gasteiger partial charge in [-0.15, -0.1) is 0 Å². The first kappa shape index (κ1) is 32.3. The van der Waals surface area contributed by atoms with E-state index in [9.17, 15) is 14.0 Å². The SMILES string of the molecule is COc1cc(C=C2C(C)=C(CC(=O)NCc3cccn3C)c3cc(F)ccc32)cc(OC)c1OCCC(=O)OCCN(C)C. The zero-order valence-electron chi connectivity index (χ0n) is 26.2. The summed E-state index contributed by atoms with van der Waals surface area (Å²) in [5.41, 5.74) is 5.78. The zero-order valence-corrected chi connectivity index (χ0v) is 26.2. The van der Waals surface area contributed by atoms with Gasteiger partial charge in [0.1, 0.15) is 12.4 Å². The summed E-state index contributed by atoms with van der Waals surface area (Å²) < 4.78 is 38.7. The molecule has 0 radical (unpaired) electrons. The van der Waals surface area contributed by atoms with E-state index in [2.05, 4.69) is 5.32 Å². The molecule has 1 amide bonds. The summed E-state index contributed by atoms with van der Waals surface area (Å²) in [7, 11) is 8.79. The van der Waals surface area contributed by atoms with Crippen LogP contribution in [-0.4, -0.2) is 69.4 Å². The lowest BCUT2D eigenvalue weighted by atomic mass is 10.00. The molecule has 1 N–H and O–H groups in total. The van der Waals surface area contributed by atoms with E-state index in [1.165, 1.54) is 26.4 Å². The molecule has 0 atom stereocenters.